The SMILES string of the molecule is CC/C=C\C/C=C\C/C=C\C/C=C\C/C=C\C/C=C\C/C=C\C/C=C\C/C=C\C/C=C\CCCCC(=O)NC(COC1OC(CO)C(OC2OC(CO)C(O)C(O)C2O)C(O)C1O)C(O)/C=C/CC/C=C/CC/C=C/CCCCCCCCCCCCCCCC. The number of aliphatic hydroxyl groups is 8. The summed E-state index contributed by atoms with van der Waals surface area (Å²) in [5.74, 6) is -0.302. The highest BCUT2D eigenvalue weighted by Crippen LogP contribution is 2.30. The van der Waals surface area contributed by atoms with Crippen molar-refractivity contribution in [2.75, 3.05) is 19.8 Å². The van der Waals surface area contributed by atoms with E-state index in [4.69, 9.17) is 18.9 Å². The number of nitrogens with one attached hydrogen (secondary N) is 1. The fourth-order valence-electron chi connectivity index (χ4n) is 10.4. The van der Waals surface area contributed by atoms with Crippen molar-refractivity contribution in [3.05, 3.63) is 158 Å². The molecule has 0 aliphatic carbocycles. The first-order chi connectivity index (χ1) is 44.6. The summed E-state index contributed by atoms with van der Waals surface area (Å²) in [4.78, 5) is 13.3. The van der Waals surface area contributed by atoms with Crippen molar-refractivity contribution in [1.29, 1.82) is 0 Å². The fraction of sp³-hybridized carbons (Fsp3) is 0.649. The average Bonchev–Trinajstić information content (AvgIpc) is 1.28. The lowest BCUT2D eigenvalue weighted by atomic mass is 9.97. The summed E-state index contributed by atoms with van der Waals surface area (Å²) in [5.41, 5.74) is 0. The molecule has 0 radical (unpaired) electrons. The molecule has 0 saturated carbocycles. The Bertz CT molecular complexity index is 2140. The number of amides is 1. The van der Waals surface area contributed by atoms with Gasteiger partial charge in [-0.25, -0.2) is 0 Å². The molecule has 9 N–H and O–H groups in total. The summed E-state index contributed by atoms with van der Waals surface area (Å²) < 4.78 is 22.8. The Labute approximate surface area is 550 Å². The maximum atomic E-state index is 13.3. The van der Waals surface area contributed by atoms with Crippen LogP contribution in [0.25, 0.3) is 0 Å². The van der Waals surface area contributed by atoms with Crippen LogP contribution in [0.3, 0.4) is 0 Å². The van der Waals surface area contributed by atoms with Gasteiger partial charge >= 0.3 is 0 Å². The van der Waals surface area contributed by atoms with Crippen LogP contribution >= 0.6 is 0 Å². The number of ether oxygens (including phenoxy) is 4. The maximum Gasteiger partial charge on any atom is 0.220 e. The van der Waals surface area contributed by atoms with Crippen molar-refractivity contribution >= 4 is 5.91 Å². The zero-order valence-corrected chi connectivity index (χ0v) is 56.0. The van der Waals surface area contributed by atoms with Gasteiger partial charge in [-0.2, -0.15) is 0 Å². The molecule has 2 aliphatic rings. The summed E-state index contributed by atoms with van der Waals surface area (Å²) in [7, 11) is 0. The van der Waals surface area contributed by atoms with Gasteiger partial charge < -0.3 is 65.1 Å². The van der Waals surface area contributed by atoms with Crippen molar-refractivity contribution < 1.29 is 64.6 Å². The zero-order chi connectivity index (χ0) is 65.9. The zero-order valence-electron chi connectivity index (χ0n) is 56.0. The molecule has 0 spiro atoms. The monoisotopic (exact) mass is 1270 g/mol. The first-order valence-electron chi connectivity index (χ1n) is 35.2. The van der Waals surface area contributed by atoms with Gasteiger partial charge in [0.2, 0.25) is 5.91 Å². The fourth-order valence-corrected chi connectivity index (χ4v) is 10.4. The van der Waals surface area contributed by atoms with Gasteiger partial charge in [-0.15, -0.1) is 0 Å². The van der Waals surface area contributed by atoms with Gasteiger partial charge in [0, 0.05) is 6.42 Å². The van der Waals surface area contributed by atoms with E-state index in [1.165, 1.54) is 89.9 Å². The van der Waals surface area contributed by atoms with E-state index in [1.54, 1.807) is 6.08 Å². The summed E-state index contributed by atoms with van der Waals surface area (Å²) >= 11 is 0. The number of aliphatic hydroxyl groups excluding tert-OH is 8. The molecule has 2 aliphatic heterocycles. The predicted octanol–water partition coefficient (Wildman–Crippen LogP) is 14.6. The lowest BCUT2D eigenvalue weighted by Crippen LogP contribution is -2.65. The molecule has 2 heterocycles. The van der Waals surface area contributed by atoms with Crippen LogP contribution in [0.2, 0.25) is 0 Å². The Balaban J connectivity index is 1.75. The van der Waals surface area contributed by atoms with Gasteiger partial charge in [-0.1, -0.05) is 255 Å². The standard InChI is InChI=1S/C77H125NO13/c1-3-5-7-9-11-13-15-17-19-21-23-25-27-29-30-31-32-33-34-35-36-37-39-41-43-45-47-49-51-53-55-57-59-61-69(82)78-65(64-88-76-74(87)72(85)75(68(63-80)90-76)91-77-73(86)71(84)70(83)67(62-79)89-77)66(81)60-58-56-54-52-50-48-46-44-42-40-38-28-26-24-22-20-18-16-14-12-10-8-6-4-2/h5,7,11,13,17,19,23,25,29-30,32-33,35-36,39,41-42,44-45,47,50-53,58,60,65-68,70-77,79-81,83-87H,3-4,6,8-10,12,14-16,18,20-22,24,26-28,31,34,37-38,40,43,46,48-49,54-57,59,61-64H2,1-2H3,(H,78,82)/b7-5-,13-11-,19-17-,25-23-,30-29-,33-32-,36-35-,41-39-,44-42+,47-45-,52-50+,53-51-,60-58+. The van der Waals surface area contributed by atoms with Crippen molar-refractivity contribution in [3.63, 3.8) is 0 Å². The van der Waals surface area contributed by atoms with Gasteiger partial charge in [0.25, 0.3) is 0 Å². The molecule has 0 aromatic rings. The van der Waals surface area contributed by atoms with Crippen molar-refractivity contribution in [2.45, 2.75) is 299 Å². The molecule has 516 valence electrons. The minimum atomic E-state index is -1.81. The van der Waals surface area contributed by atoms with E-state index < -0.39 is 86.8 Å². The molecule has 12 unspecified atom stereocenters. The van der Waals surface area contributed by atoms with Crippen molar-refractivity contribution in [3.8, 4) is 0 Å². The van der Waals surface area contributed by atoms with Gasteiger partial charge in [0.15, 0.2) is 12.6 Å². The smallest absolute Gasteiger partial charge is 0.220 e. The van der Waals surface area contributed by atoms with Crippen LogP contribution in [0.15, 0.2) is 158 Å². The van der Waals surface area contributed by atoms with E-state index in [2.05, 4.69) is 165 Å². The molecule has 12 atom stereocenters. The lowest BCUT2D eigenvalue weighted by Gasteiger charge is -2.46. The van der Waals surface area contributed by atoms with E-state index in [0.29, 0.717) is 12.8 Å². The molecule has 2 rings (SSSR count). The van der Waals surface area contributed by atoms with Crippen molar-refractivity contribution in [2.24, 2.45) is 0 Å². The molecule has 0 bridgehead atoms. The largest absolute Gasteiger partial charge is 0.394 e. The van der Waals surface area contributed by atoms with E-state index >= 15 is 0 Å². The molecule has 1 amide bonds. The molecule has 14 heteroatoms. The van der Waals surface area contributed by atoms with Gasteiger partial charge in [0.05, 0.1) is 32.0 Å². The number of hydrogen-bond donors (Lipinski definition) is 9. The normalized spacial score (nSPS) is 23.8. The minimum absolute atomic E-state index is 0.203. The molecule has 91 heavy (non-hydrogen) atoms. The van der Waals surface area contributed by atoms with Gasteiger partial charge in [-0.05, 0) is 122 Å². The van der Waals surface area contributed by atoms with Crippen LogP contribution in [0.1, 0.15) is 226 Å². The lowest BCUT2D eigenvalue weighted by molar-refractivity contribution is -0.359. The van der Waals surface area contributed by atoms with Crippen LogP contribution in [-0.4, -0.2) is 140 Å². The quantitative estimate of drug-likeness (QED) is 0.0204. The third kappa shape index (κ3) is 43.3. The molecule has 0 aromatic carbocycles. The summed E-state index contributed by atoms with van der Waals surface area (Å²) in [5, 5.41) is 87.4. The van der Waals surface area contributed by atoms with E-state index in [-0.39, 0.29) is 18.9 Å². The Morgan fingerprint density at radius 2 is 0.769 bits per heavy atom. The molecule has 0 aromatic heterocycles. The first-order valence-corrected chi connectivity index (χ1v) is 35.2. The molecular weight excluding hydrogens is 1150 g/mol. The van der Waals surface area contributed by atoms with Crippen LogP contribution in [-0.2, 0) is 23.7 Å². The molecule has 2 saturated heterocycles. The van der Waals surface area contributed by atoms with Crippen LogP contribution in [0.4, 0.5) is 0 Å². The van der Waals surface area contributed by atoms with Crippen LogP contribution in [0, 0.1) is 0 Å². The van der Waals surface area contributed by atoms with E-state index in [1.807, 2.05) is 6.08 Å². The van der Waals surface area contributed by atoms with E-state index in [9.17, 15) is 45.6 Å². The highest BCUT2D eigenvalue weighted by Gasteiger charge is 2.51. The number of allylic oxidation sites excluding steroid dienone is 25. The molecule has 14 nitrogen and oxygen atoms in total. The summed E-state index contributed by atoms with van der Waals surface area (Å²) in [6.45, 7) is 2.63. The predicted molar refractivity (Wildman–Crippen MR) is 373 cm³/mol. The Morgan fingerprint density at radius 3 is 1.21 bits per heavy atom. The van der Waals surface area contributed by atoms with E-state index in [0.717, 1.165) is 103 Å². The van der Waals surface area contributed by atoms with Crippen molar-refractivity contribution in [1.82, 2.24) is 5.32 Å². The second-order valence-electron chi connectivity index (χ2n) is 23.9. The van der Waals surface area contributed by atoms with Gasteiger partial charge in [-0.3, -0.25) is 4.79 Å². The number of hydrogen-bond acceptors (Lipinski definition) is 13. The third-order valence-corrected chi connectivity index (χ3v) is 15.9. The molecule has 2 fully saturated rings. The maximum absolute atomic E-state index is 13.3. The second kappa shape index (κ2) is 59.4. The topological polar surface area (TPSA) is 228 Å². The number of unbranched alkanes of at least 4 members (excludes halogenated alkanes) is 18. The van der Waals surface area contributed by atoms with Crippen LogP contribution in [0.5, 0.6) is 0 Å². The number of carbonyl (C=O) groups excluding carboxylic acids is 1. The molecular formula is C77H125NO13. The third-order valence-electron chi connectivity index (χ3n) is 15.9. The Morgan fingerprint density at radius 1 is 0.407 bits per heavy atom. The summed E-state index contributed by atoms with van der Waals surface area (Å²) in [6.07, 6.45) is 74.4. The summed E-state index contributed by atoms with van der Waals surface area (Å²) in [6, 6.07) is -0.976. The highest BCUT2D eigenvalue weighted by molar-refractivity contribution is 5.76. The highest BCUT2D eigenvalue weighted by atomic mass is 16.7. The second-order valence-corrected chi connectivity index (χ2v) is 23.9. The van der Waals surface area contributed by atoms with Gasteiger partial charge in [0.1, 0.15) is 48.8 Å². The minimum Gasteiger partial charge on any atom is -0.394 e. The number of rotatable bonds is 55. The first kappa shape index (κ1) is 82.7. The average molecular weight is 1270 g/mol. The Hall–Kier alpha value is -4.39. The number of carbonyl (C=O) groups is 1. The van der Waals surface area contributed by atoms with Crippen LogP contribution < -0.4 is 5.32 Å². The Kier molecular flexibility index (Phi) is 53.9.